The van der Waals surface area contributed by atoms with Gasteiger partial charge in [0.25, 0.3) is 11.5 Å². The number of para-hydroxylation sites is 2. The summed E-state index contributed by atoms with van der Waals surface area (Å²) in [6, 6.07) is 12.6. The van der Waals surface area contributed by atoms with Crippen LogP contribution in [0, 0.1) is 0 Å². The highest BCUT2D eigenvalue weighted by Gasteiger charge is 2.20. The van der Waals surface area contributed by atoms with Gasteiger partial charge in [-0.25, -0.2) is 4.98 Å². The first kappa shape index (κ1) is 17.9. The number of hydrogen-bond acceptors (Lipinski definition) is 5. The molecule has 0 saturated heterocycles. The number of benzene rings is 2. The van der Waals surface area contributed by atoms with Crippen LogP contribution in [0.15, 0.2) is 53.5 Å². The minimum atomic E-state index is -0.226. The minimum Gasteiger partial charge on any atom is -0.383 e. The lowest BCUT2D eigenvalue weighted by Crippen LogP contribution is -2.35. The fourth-order valence-electron chi connectivity index (χ4n) is 3.16. The summed E-state index contributed by atoms with van der Waals surface area (Å²) in [6.07, 6.45) is 1.67. The highest BCUT2D eigenvalue weighted by atomic mass is 16.5. The molecule has 4 rings (SSSR count). The molecule has 0 aliphatic heterocycles. The summed E-state index contributed by atoms with van der Waals surface area (Å²) in [5.74, 6) is 0.229. The third-order valence-corrected chi connectivity index (χ3v) is 4.56. The van der Waals surface area contributed by atoms with Crippen molar-refractivity contribution in [1.82, 2.24) is 25.1 Å². The van der Waals surface area contributed by atoms with Crippen molar-refractivity contribution in [3.05, 3.63) is 70.4 Å². The molecule has 8 heteroatoms. The van der Waals surface area contributed by atoms with Crippen LogP contribution in [-0.4, -0.2) is 51.2 Å². The van der Waals surface area contributed by atoms with Crippen LogP contribution in [0.4, 0.5) is 0 Å². The predicted molar refractivity (Wildman–Crippen MR) is 105 cm³/mol. The van der Waals surface area contributed by atoms with Crippen LogP contribution >= 0.6 is 0 Å². The Morgan fingerprint density at radius 1 is 1.18 bits per heavy atom. The Balaban J connectivity index is 1.69. The van der Waals surface area contributed by atoms with Gasteiger partial charge in [-0.05, 0) is 18.2 Å². The van der Waals surface area contributed by atoms with Crippen molar-refractivity contribution in [2.24, 2.45) is 0 Å². The molecule has 0 aliphatic rings. The van der Waals surface area contributed by atoms with E-state index in [9.17, 15) is 9.59 Å². The van der Waals surface area contributed by atoms with Gasteiger partial charge in [-0.3, -0.25) is 14.7 Å². The maximum absolute atomic E-state index is 13.2. The van der Waals surface area contributed by atoms with E-state index in [-0.39, 0.29) is 18.0 Å². The Kier molecular flexibility index (Phi) is 4.86. The van der Waals surface area contributed by atoms with Gasteiger partial charge in [0.15, 0.2) is 0 Å². The van der Waals surface area contributed by atoms with Crippen LogP contribution in [0.2, 0.25) is 0 Å². The molecule has 28 heavy (non-hydrogen) atoms. The molecule has 8 nitrogen and oxygen atoms in total. The average Bonchev–Trinajstić information content (AvgIpc) is 3.19. The lowest BCUT2D eigenvalue weighted by atomic mass is 10.1. The Hall–Kier alpha value is -3.52. The number of fused-ring (bicyclic) bond motifs is 2. The van der Waals surface area contributed by atoms with E-state index >= 15 is 0 Å². The predicted octanol–water partition coefficient (Wildman–Crippen LogP) is 2.09. The van der Waals surface area contributed by atoms with E-state index in [4.69, 9.17) is 4.74 Å². The van der Waals surface area contributed by atoms with Crippen LogP contribution in [0.3, 0.4) is 0 Å². The van der Waals surface area contributed by atoms with Crippen molar-refractivity contribution in [3.63, 3.8) is 0 Å². The molecule has 0 saturated carbocycles. The van der Waals surface area contributed by atoms with Crippen molar-refractivity contribution in [1.29, 1.82) is 0 Å². The number of nitrogens with one attached hydrogen (secondary N) is 2. The van der Waals surface area contributed by atoms with Gasteiger partial charge in [-0.2, -0.15) is 5.10 Å². The van der Waals surface area contributed by atoms with Gasteiger partial charge in [0.05, 0.1) is 41.3 Å². The first-order valence-corrected chi connectivity index (χ1v) is 8.85. The molecule has 0 radical (unpaired) electrons. The van der Waals surface area contributed by atoms with Crippen molar-refractivity contribution in [2.75, 3.05) is 20.3 Å². The summed E-state index contributed by atoms with van der Waals surface area (Å²) in [5, 5.41) is 8.26. The van der Waals surface area contributed by atoms with Crippen molar-refractivity contribution in [3.8, 4) is 0 Å². The lowest BCUT2D eigenvalue weighted by Gasteiger charge is -2.22. The largest absolute Gasteiger partial charge is 0.383 e. The third-order valence-electron chi connectivity index (χ3n) is 4.56. The SMILES string of the molecule is COCCN(Cc1nc2ccccc2c(=O)[nH]1)C(=O)c1cccc2cn[nH]c12. The number of methoxy groups -OCH3 is 1. The summed E-state index contributed by atoms with van der Waals surface area (Å²) in [4.78, 5) is 34.4. The molecule has 2 N–H and O–H groups in total. The van der Waals surface area contributed by atoms with Crippen LogP contribution < -0.4 is 5.56 Å². The number of nitrogens with zero attached hydrogens (tertiary/aromatic N) is 3. The highest BCUT2D eigenvalue weighted by Crippen LogP contribution is 2.18. The summed E-state index contributed by atoms with van der Waals surface area (Å²) in [7, 11) is 1.58. The topological polar surface area (TPSA) is 104 Å². The van der Waals surface area contributed by atoms with Crippen LogP contribution in [0.5, 0.6) is 0 Å². The normalized spacial score (nSPS) is 11.2. The number of hydrogen-bond donors (Lipinski definition) is 2. The summed E-state index contributed by atoms with van der Waals surface area (Å²) in [6.45, 7) is 0.881. The smallest absolute Gasteiger partial charge is 0.258 e. The third kappa shape index (κ3) is 3.37. The van der Waals surface area contributed by atoms with Crippen LogP contribution in [-0.2, 0) is 11.3 Å². The zero-order valence-corrected chi connectivity index (χ0v) is 15.3. The zero-order chi connectivity index (χ0) is 19.5. The number of aromatic amines is 2. The van der Waals surface area contributed by atoms with Crippen molar-refractivity contribution in [2.45, 2.75) is 6.54 Å². The van der Waals surface area contributed by atoms with Gasteiger partial charge in [0.1, 0.15) is 5.82 Å². The number of amides is 1. The molecule has 142 valence electrons. The van der Waals surface area contributed by atoms with E-state index in [1.165, 1.54) is 0 Å². The Morgan fingerprint density at radius 2 is 2.04 bits per heavy atom. The van der Waals surface area contributed by atoms with E-state index in [2.05, 4.69) is 20.2 Å². The maximum atomic E-state index is 13.2. The number of H-pyrrole nitrogens is 2. The molecule has 0 bridgehead atoms. The molecule has 0 aliphatic carbocycles. The lowest BCUT2D eigenvalue weighted by molar-refractivity contribution is 0.0677. The summed E-state index contributed by atoms with van der Waals surface area (Å²) < 4.78 is 5.16. The number of carbonyl (C=O) groups is 1. The maximum Gasteiger partial charge on any atom is 0.258 e. The average molecular weight is 377 g/mol. The van der Waals surface area contributed by atoms with Gasteiger partial charge in [0, 0.05) is 19.0 Å². The molecule has 0 unspecified atom stereocenters. The van der Waals surface area contributed by atoms with Crippen LogP contribution in [0.25, 0.3) is 21.8 Å². The zero-order valence-electron chi connectivity index (χ0n) is 15.3. The molecule has 0 spiro atoms. The monoisotopic (exact) mass is 377 g/mol. The van der Waals surface area contributed by atoms with E-state index in [1.807, 2.05) is 18.2 Å². The van der Waals surface area contributed by atoms with E-state index in [0.29, 0.717) is 41.0 Å². The molecule has 4 aromatic rings. The second-order valence-electron chi connectivity index (χ2n) is 6.39. The second kappa shape index (κ2) is 7.61. The van der Waals surface area contributed by atoms with E-state index in [0.717, 1.165) is 5.39 Å². The van der Waals surface area contributed by atoms with Gasteiger partial charge < -0.3 is 14.6 Å². The molecule has 1 amide bonds. The van der Waals surface area contributed by atoms with Gasteiger partial charge in [-0.15, -0.1) is 0 Å². The minimum absolute atomic E-state index is 0.160. The van der Waals surface area contributed by atoms with Gasteiger partial charge in [0.2, 0.25) is 0 Å². The Morgan fingerprint density at radius 3 is 2.89 bits per heavy atom. The summed E-state index contributed by atoms with van der Waals surface area (Å²) in [5.41, 5.74) is 1.55. The molecular weight excluding hydrogens is 358 g/mol. The molecule has 0 atom stereocenters. The first-order valence-electron chi connectivity index (χ1n) is 8.85. The first-order chi connectivity index (χ1) is 13.7. The molecular formula is C20H19N5O3. The quantitative estimate of drug-likeness (QED) is 0.535. The standard InChI is InChI=1S/C20H19N5O3/c1-28-10-9-25(20(27)15-7-4-5-13-11-21-24-18(13)15)12-17-22-16-8-3-2-6-14(16)19(26)23-17/h2-8,11H,9-10,12H2,1H3,(H,21,24)(H,22,23,26). The fraction of sp³-hybridized carbons (Fsp3) is 0.200. The number of ether oxygens (including phenoxy) is 1. The fourth-order valence-corrected chi connectivity index (χ4v) is 3.16. The number of rotatable bonds is 6. The highest BCUT2D eigenvalue weighted by molar-refractivity contribution is 6.05. The molecule has 2 heterocycles. The van der Waals surface area contributed by atoms with Gasteiger partial charge in [-0.1, -0.05) is 24.3 Å². The second-order valence-corrected chi connectivity index (χ2v) is 6.39. The summed E-state index contributed by atoms with van der Waals surface area (Å²) >= 11 is 0. The number of aromatic nitrogens is 4. The Bertz CT molecular complexity index is 1200. The van der Waals surface area contributed by atoms with Crippen molar-refractivity contribution < 1.29 is 9.53 Å². The van der Waals surface area contributed by atoms with E-state index < -0.39 is 0 Å². The van der Waals surface area contributed by atoms with Crippen LogP contribution in [0.1, 0.15) is 16.2 Å². The van der Waals surface area contributed by atoms with E-state index in [1.54, 1.807) is 42.5 Å². The molecule has 2 aromatic heterocycles. The van der Waals surface area contributed by atoms with Crippen molar-refractivity contribution >= 4 is 27.7 Å². The molecule has 2 aromatic carbocycles. The Labute approximate surface area is 160 Å². The molecule has 0 fully saturated rings. The number of carbonyl (C=O) groups excluding carboxylic acids is 1. The van der Waals surface area contributed by atoms with Gasteiger partial charge >= 0.3 is 0 Å².